The first-order valence-electron chi connectivity index (χ1n) is 7.55. The van der Waals surface area contributed by atoms with Crippen molar-refractivity contribution >= 4 is 29.1 Å². The first-order valence-corrected chi connectivity index (χ1v) is 8.31. The molecule has 22 heavy (non-hydrogen) atoms. The minimum absolute atomic E-state index is 0.0511. The number of amides is 1. The second-order valence-corrected chi connectivity index (χ2v) is 7.73. The van der Waals surface area contributed by atoms with Crippen molar-refractivity contribution in [3.8, 4) is 0 Å². The number of halogens is 2. The standard InChI is InChI=1S/C16H18Cl2N2O2/c1-9-13-10(4-11(17)5-12(13)18)2-3-20(9)14(21)16-6-15(19,7-16)8-22-16/h4-5,9H,2-3,6-8,19H2,1H3/t9-,15?,16?/m0/s1. The Kier molecular flexibility index (Phi) is 3.09. The van der Waals surface area contributed by atoms with Crippen LogP contribution in [0.2, 0.25) is 10.0 Å². The molecule has 0 radical (unpaired) electrons. The third-order valence-corrected chi connectivity index (χ3v) is 5.78. The second kappa shape index (κ2) is 4.60. The molecule has 6 heteroatoms. The minimum Gasteiger partial charge on any atom is -0.363 e. The molecule has 5 rings (SSSR count). The molecule has 0 spiro atoms. The molecule has 1 saturated carbocycles. The Hall–Kier alpha value is -0.810. The van der Waals surface area contributed by atoms with Gasteiger partial charge in [0.2, 0.25) is 0 Å². The number of fused-ring (bicyclic) bond motifs is 2. The molecule has 4 nitrogen and oxygen atoms in total. The van der Waals surface area contributed by atoms with Gasteiger partial charge in [0, 0.05) is 35.0 Å². The van der Waals surface area contributed by atoms with E-state index in [9.17, 15) is 4.79 Å². The SMILES string of the molecule is C[C@H]1c2c(Cl)cc(Cl)cc2CCN1C(=O)C12CC(N)(CO1)C2. The predicted octanol–water partition coefficient (Wildman–Crippen LogP) is 2.70. The Labute approximate surface area is 139 Å². The van der Waals surface area contributed by atoms with E-state index in [1.165, 1.54) is 0 Å². The summed E-state index contributed by atoms with van der Waals surface area (Å²) in [7, 11) is 0. The minimum atomic E-state index is -0.695. The fourth-order valence-electron chi connectivity index (χ4n) is 4.23. The summed E-state index contributed by atoms with van der Waals surface area (Å²) in [6.07, 6.45) is 2.02. The van der Waals surface area contributed by atoms with Crippen molar-refractivity contribution < 1.29 is 9.53 Å². The summed E-state index contributed by atoms with van der Waals surface area (Å²) < 4.78 is 5.75. The predicted molar refractivity (Wildman–Crippen MR) is 85.1 cm³/mol. The van der Waals surface area contributed by atoms with Gasteiger partial charge in [-0.3, -0.25) is 4.79 Å². The van der Waals surface area contributed by atoms with Gasteiger partial charge in [0.15, 0.2) is 5.60 Å². The van der Waals surface area contributed by atoms with Crippen LogP contribution in [0.25, 0.3) is 0 Å². The Morgan fingerprint density at radius 3 is 2.77 bits per heavy atom. The molecule has 4 aliphatic rings. The zero-order valence-corrected chi connectivity index (χ0v) is 13.9. The first-order chi connectivity index (χ1) is 10.3. The molecule has 118 valence electrons. The molecular weight excluding hydrogens is 323 g/mol. The summed E-state index contributed by atoms with van der Waals surface area (Å²) in [4.78, 5) is 14.9. The second-order valence-electron chi connectivity index (χ2n) is 6.88. The summed E-state index contributed by atoms with van der Waals surface area (Å²) in [6.45, 7) is 3.15. The maximum absolute atomic E-state index is 13.0. The summed E-state index contributed by atoms with van der Waals surface area (Å²) >= 11 is 12.4. The van der Waals surface area contributed by atoms with Gasteiger partial charge in [0.25, 0.3) is 5.91 Å². The number of nitrogens with zero attached hydrogens (tertiary/aromatic N) is 1. The van der Waals surface area contributed by atoms with Crippen LogP contribution in [0.4, 0.5) is 0 Å². The largest absolute Gasteiger partial charge is 0.363 e. The van der Waals surface area contributed by atoms with E-state index in [2.05, 4.69) is 0 Å². The van der Waals surface area contributed by atoms with Crippen LogP contribution in [0.1, 0.15) is 36.9 Å². The number of benzene rings is 1. The van der Waals surface area contributed by atoms with Crippen molar-refractivity contribution in [1.29, 1.82) is 0 Å². The van der Waals surface area contributed by atoms with Crippen molar-refractivity contribution in [3.05, 3.63) is 33.3 Å². The van der Waals surface area contributed by atoms with Gasteiger partial charge in [-0.1, -0.05) is 23.2 Å². The Morgan fingerprint density at radius 2 is 2.14 bits per heavy atom. The van der Waals surface area contributed by atoms with Crippen LogP contribution in [0.3, 0.4) is 0 Å². The highest BCUT2D eigenvalue weighted by molar-refractivity contribution is 6.35. The molecule has 3 heterocycles. The smallest absolute Gasteiger partial charge is 0.255 e. The van der Waals surface area contributed by atoms with Crippen LogP contribution in [0.15, 0.2) is 12.1 Å². The molecule has 1 atom stereocenters. The van der Waals surface area contributed by atoms with E-state index in [-0.39, 0.29) is 17.5 Å². The quantitative estimate of drug-likeness (QED) is 0.855. The lowest BCUT2D eigenvalue weighted by Crippen LogP contribution is -2.62. The van der Waals surface area contributed by atoms with Gasteiger partial charge >= 0.3 is 0 Å². The molecule has 1 aromatic rings. The number of ether oxygens (including phenoxy) is 1. The third-order valence-electron chi connectivity index (χ3n) is 5.25. The van der Waals surface area contributed by atoms with Crippen LogP contribution in [-0.2, 0) is 16.0 Å². The van der Waals surface area contributed by atoms with Crippen LogP contribution in [0, 0.1) is 0 Å². The zero-order chi connectivity index (χ0) is 15.7. The molecular formula is C16H18Cl2N2O2. The lowest BCUT2D eigenvalue weighted by molar-refractivity contribution is -0.158. The van der Waals surface area contributed by atoms with Crippen molar-refractivity contribution in [1.82, 2.24) is 4.90 Å². The molecule has 2 saturated heterocycles. The molecule has 1 aliphatic carbocycles. The van der Waals surface area contributed by atoms with Crippen molar-refractivity contribution in [2.45, 2.75) is 43.4 Å². The zero-order valence-electron chi connectivity index (χ0n) is 12.4. The normalized spacial score (nSPS) is 36.0. The lowest BCUT2D eigenvalue weighted by Gasteiger charge is -2.46. The van der Waals surface area contributed by atoms with E-state index in [0.29, 0.717) is 36.0 Å². The fourth-order valence-corrected chi connectivity index (χ4v) is 4.92. The van der Waals surface area contributed by atoms with Gasteiger partial charge in [-0.2, -0.15) is 0 Å². The summed E-state index contributed by atoms with van der Waals surface area (Å²) in [5, 5.41) is 1.26. The molecule has 2 bridgehead atoms. The van der Waals surface area contributed by atoms with Crippen LogP contribution in [-0.4, -0.2) is 35.1 Å². The number of nitrogens with two attached hydrogens (primary N) is 1. The van der Waals surface area contributed by atoms with Gasteiger partial charge in [0.05, 0.1) is 12.6 Å². The number of carbonyl (C=O) groups excluding carboxylic acids is 1. The van der Waals surface area contributed by atoms with E-state index in [1.54, 1.807) is 6.07 Å². The maximum Gasteiger partial charge on any atom is 0.255 e. The average Bonchev–Trinajstić information content (AvgIpc) is 2.92. The number of hydrogen-bond donors (Lipinski definition) is 1. The van der Waals surface area contributed by atoms with Gasteiger partial charge in [-0.15, -0.1) is 0 Å². The third kappa shape index (κ3) is 1.94. The molecule has 3 aliphatic heterocycles. The highest BCUT2D eigenvalue weighted by Crippen LogP contribution is 2.52. The maximum atomic E-state index is 13.0. The van der Waals surface area contributed by atoms with Crippen LogP contribution >= 0.6 is 23.2 Å². The van der Waals surface area contributed by atoms with E-state index >= 15 is 0 Å². The van der Waals surface area contributed by atoms with E-state index < -0.39 is 5.60 Å². The molecule has 1 aromatic carbocycles. The molecule has 0 unspecified atom stereocenters. The topological polar surface area (TPSA) is 55.6 Å². The van der Waals surface area contributed by atoms with E-state index in [1.807, 2.05) is 17.9 Å². The number of carbonyl (C=O) groups is 1. The summed E-state index contributed by atoms with van der Waals surface area (Å²) in [6, 6.07) is 3.61. The molecule has 0 aromatic heterocycles. The summed E-state index contributed by atoms with van der Waals surface area (Å²) in [5.74, 6) is 0.0511. The van der Waals surface area contributed by atoms with Crippen molar-refractivity contribution in [2.75, 3.05) is 13.2 Å². The van der Waals surface area contributed by atoms with Crippen LogP contribution < -0.4 is 5.73 Å². The monoisotopic (exact) mass is 340 g/mol. The Morgan fingerprint density at radius 1 is 1.41 bits per heavy atom. The highest BCUT2D eigenvalue weighted by atomic mass is 35.5. The average molecular weight is 341 g/mol. The van der Waals surface area contributed by atoms with Crippen molar-refractivity contribution in [2.24, 2.45) is 5.73 Å². The van der Waals surface area contributed by atoms with E-state index in [4.69, 9.17) is 33.7 Å². The van der Waals surface area contributed by atoms with Gasteiger partial charge in [-0.25, -0.2) is 0 Å². The fraction of sp³-hybridized carbons (Fsp3) is 0.562. The van der Waals surface area contributed by atoms with Crippen LogP contribution in [0.5, 0.6) is 0 Å². The summed E-state index contributed by atoms with van der Waals surface area (Å²) in [5.41, 5.74) is 7.25. The van der Waals surface area contributed by atoms with Gasteiger partial charge in [-0.05, 0) is 36.6 Å². The van der Waals surface area contributed by atoms with Gasteiger partial charge < -0.3 is 15.4 Å². The Bertz CT molecular complexity index is 670. The molecule has 1 amide bonds. The highest BCUT2D eigenvalue weighted by Gasteiger charge is 2.66. The van der Waals surface area contributed by atoms with E-state index in [0.717, 1.165) is 17.5 Å². The number of rotatable bonds is 1. The lowest BCUT2D eigenvalue weighted by atomic mass is 9.68. The van der Waals surface area contributed by atoms with Crippen molar-refractivity contribution in [3.63, 3.8) is 0 Å². The van der Waals surface area contributed by atoms with Gasteiger partial charge in [0.1, 0.15) is 0 Å². The molecule has 2 N–H and O–H groups in total. The number of hydrogen-bond acceptors (Lipinski definition) is 3. The Balaban J connectivity index is 1.64. The first kappa shape index (κ1) is 14.8. The molecule has 3 fully saturated rings.